The van der Waals surface area contributed by atoms with Crippen molar-refractivity contribution >= 4 is 27.5 Å². The van der Waals surface area contributed by atoms with Crippen LogP contribution in [-0.2, 0) is 26.2 Å². The zero-order valence-electron chi connectivity index (χ0n) is 21.8. The summed E-state index contributed by atoms with van der Waals surface area (Å²) in [4.78, 5) is 28.0. The van der Waals surface area contributed by atoms with Gasteiger partial charge in [0.15, 0.2) is 0 Å². The van der Waals surface area contributed by atoms with Gasteiger partial charge in [-0.25, -0.2) is 8.42 Å². The first kappa shape index (κ1) is 29.2. The summed E-state index contributed by atoms with van der Waals surface area (Å²) in [5, 5.41) is 2.95. The quantitative estimate of drug-likeness (QED) is 0.361. The Morgan fingerprint density at radius 2 is 1.75 bits per heavy atom. The maximum Gasteiger partial charge on any atom is 0.242 e. The maximum absolute atomic E-state index is 13.5. The molecule has 1 N–H and O–H groups in total. The average Bonchev–Trinajstić information content (AvgIpc) is 2.86. The molecule has 2 amide bonds. The number of benzene rings is 2. The molecule has 8 nitrogen and oxygen atoms in total. The van der Waals surface area contributed by atoms with Crippen molar-refractivity contribution in [3.63, 3.8) is 0 Å². The minimum Gasteiger partial charge on any atom is -0.497 e. The molecule has 0 aromatic heterocycles. The van der Waals surface area contributed by atoms with Crippen LogP contribution in [-0.4, -0.2) is 57.6 Å². The van der Waals surface area contributed by atoms with Gasteiger partial charge in [-0.05, 0) is 49.1 Å². The normalized spacial score (nSPS) is 12.0. The van der Waals surface area contributed by atoms with E-state index < -0.39 is 16.1 Å². The van der Waals surface area contributed by atoms with E-state index in [-0.39, 0.29) is 31.3 Å². The molecule has 0 bridgehead atoms. The lowest BCUT2D eigenvalue weighted by Gasteiger charge is -2.31. The predicted molar refractivity (Wildman–Crippen MR) is 143 cm³/mol. The SMILES string of the molecule is CCCCNC(=O)[C@H](CC)N(Cc1cccc(OC)c1)C(=O)CCCN(c1ccccc1)S(C)(=O)=O. The number of nitrogens with zero attached hydrogens (tertiary/aromatic N) is 2. The molecular formula is C27H39N3O5S. The van der Waals surface area contributed by atoms with E-state index in [1.807, 2.05) is 37.3 Å². The average molecular weight is 518 g/mol. The van der Waals surface area contributed by atoms with Gasteiger partial charge < -0.3 is 15.0 Å². The number of methoxy groups -OCH3 is 1. The van der Waals surface area contributed by atoms with Gasteiger partial charge in [-0.2, -0.15) is 0 Å². The molecule has 198 valence electrons. The standard InChI is InChI=1S/C27H39N3O5S/c1-5-7-18-28-27(32)25(6-2)29(21-22-13-11-16-24(20-22)35-3)26(31)17-12-19-30(36(4,33)34)23-14-9-8-10-15-23/h8-11,13-16,20,25H,5-7,12,17-19,21H2,1-4H3,(H,28,32)/t25-/m0/s1. The second-order valence-electron chi connectivity index (χ2n) is 8.72. The molecule has 9 heteroatoms. The summed E-state index contributed by atoms with van der Waals surface area (Å²) in [5.41, 5.74) is 1.41. The van der Waals surface area contributed by atoms with Gasteiger partial charge in [-0.15, -0.1) is 0 Å². The Morgan fingerprint density at radius 3 is 2.36 bits per heavy atom. The summed E-state index contributed by atoms with van der Waals surface area (Å²) in [6, 6.07) is 15.6. The number of carbonyl (C=O) groups excluding carboxylic acids is 2. The van der Waals surface area contributed by atoms with Crippen LogP contribution in [0.5, 0.6) is 5.75 Å². The Balaban J connectivity index is 2.20. The largest absolute Gasteiger partial charge is 0.497 e. The van der Waals surface area contributed by atoms with E-state index in [1.165, 1.54) is 4.31 Å². The highest BCUT2D eigenvalue weighted by molar-refractivity contribution is 7.92. The van der Waals surface area contributed by atoms with Crippen molar-refractivity contribution in [2.24, 2.45) is 0 Å². The van der Waals surface area contributed by atoms with Gasteiger partial charge in [0.1, 0.15) is 11.8 Å². The first-order chi connectivity index (χ1) is 17.2. The molecule has 0 heterocycles. The van der Waals surface area contributed by atoms with E-state index in [0.29, 0.717) is 30.8 Å². The third kappa shape index (κ3) is 8.86. The van der Waals surface area contributed by atoms with Crippen molar-refractivity contribution in [2.75, 3.05) is 30.8 Å². The van der Waals surface area contributed by atoms with Crippen LogP contribution < -0.4 is 14.4 Å². The highest BCUT2D eigenvalue weighted by atomic mass is 32.2. The molecule has 0 unspecified atom stereocenters. The molecule has 0 spiro atoms. The molecule has 36 heavy (non-hydrogen) atoms. The van der Waals surface area contributed by atoms with E-state index in [0.717, 1.165) is 24.7 Å². The zero-order chi connectivity index (χ0) is 26.6. The first-order valence-electron chi connectivity index (χ1n) is 12.4. The van der Waals surface area contributed by atoms with Crippen LogP contribution in [0.4, 0.5) is 5.69 Å². The Kier molecular flexibility index (Phi) is 11.7. The number of nitrogens with one attached hydrogen (secondary N) is 1. The Bertz CT molecular complexity index is 1080. The molecule has 0 saturated heterocycles. The number of ether oxygens (including phenoxy) is 1. The van der Waals surface area contributed by atoms with Crippen LogP contribution in [0.1, 0.15) is 51.5 Å². The van der Waals surface area contributed by atoms with Gasteiger partial charge in [0.25, 0.3) is 0 Å². The van der Waals surface area contributed by atoms with Gasteiger partial charge in [0, 0.05) is 26.1 Å². The number of unbranched alkanes of at least 4 members (excludes halogenated alkanes) is 1. The van der Waals surface area contributed by atoms with Crippen LogP contribution in [0.25, 0.3) is 0 Å². The van der Waals surface area contributed by atoms with Crippen molar-refractivity contribution < 1.29 is 22.7 Å². The maximum atomic E-state index is 13.5. The molecule has 0 saturated carbocycles. The minimum absolute atomic E-state index is 0.113. The molecule has 0 aliphatic rings. The monoisotopic (exact) mass is 517 g/mol. The smallest absolute Gasteiger partial charge is 0.242 e. The van der Waals surface area contributed by atoms with E-state index in [4.69, 9.17) is 4.74 Å². The zero-order valence-corrected chi connectivity index (χ0v) is 22.6. The van der Waals surface area contributed by atoms with Crippen molar-refractivity contribution in [3.8, 4) is 5.75 Å². The topological polar surface area (TPSA) is 96.0 Å². The highest BCUT2D eigenvalue weighted by Crippen LogP contribution is 2.20. The number of rotatable bonds is 15. The fraction of sp³-hybridized carbons (Fsp3) is 0.481. The van der Waals surface area contributed by atoms with E-state index in [9.17, 15) is 18.0 Å². The number of hydrogen-bond acceptors (Lipinski definition) is 5. The molecule has 0 aliphatic heterocycles. The Hall–Kier alpha value is -3.07. The lowest BCUT2D eigenvalue weighted by atomic mass is 10.1. The van der Waals surface area contributed by atoms with Crippen molar-refractivity contribution in [3.05, 3.63) is 60.2 Å². The summed E-state index contributed by atoms with van der Waals surface area (Å²) in [6.45, 7) is 4.92. The van der Waals surface area contributed by atoms with Crippen LogP contribution in [0.15, 0.2) is 54.6 Å². The summed E-state index contributed by atoms with van der Waals surface area (Å²) in [6.07, 6.45) is 3.89. The summed E-state index contributed by atoms with van der Waals surface area (Å²) in [5.74, 6) is 0.299. The molecule has 2 aromatic rings. The van der Waals surface area contributed by atoms with Crippen molar-refractivity contribution in [1.29, 1.82) is 0 Å². The molecule has 2 aromatic carbocycles. The summed E-state index contributed by atoms with van der Waals surface area (Å²) in [7, 11) is -1.93. The second kappa shape index (κ2) is 14.5. The predicted octanol–water partition coefficient (Wildman–Crippen LogP) is 3.97. The van der Waals surface area contributed by atoms with Crippen LogP contribution in [0.2, 0.25) is 0 Å². The van der Waals surface area contributed by atoms with Crippen molar-refractivity contribution in [2.45, 2.75) is 58.5 Å². The number of para-hydroxylation sites is 1. The summed E-state index contributed by atoms with van der Waals surface area (Å²) >= 11 is 0. The van der Waals surface area contributed by atoms with Gasteiger partial charge in [-0.1, -0.05) is 50.6 Å². The third-order valence-corrected chi connectivity index (χ3v) is 7.09. The Labute approximate surface area is 215 Å². The molecule has 1 atom stereocenters. The molecule has 2 rings (SSSR count). The van der Waals surface area contributed by atoms with Crippen molar-refractivity contribution in [1.82, 2.24) is 10.2 Å². The van der Waals surface area contributed by atoms with Crippen LogP contribution in [0.3, 0.4) is 0 Å². The van der Waals surface area contributed by atoms with E-state index >= 15 is 0 Å². The first-order valence-corrected chi connectivity index (χ1v) is 14.3. The number of sulfonamides is 1. The van der Waals surface area contributed by atoms with E-state index in [1.54, 1.807) is 36.3 Å². The van der Waals surface area contributed by atoms with Gasteiger partial charge in [0.2, 0.25) is 21.8 Å². The number of anilines is 1. The number of carbonyl (C=O) groups is 2. The van der Waals surface area contributed by atoms with Gasteiger partial charge >= 0.3 is 0 Å². The van der Waals surface area contributed by atoms with Crippen LogP contribution >= 0.6 is 0 Å². The minimum atomic E-state index is -3.51. The molecule has 0 fully saturated rings. The molecule has 0 aliphatic carbocycles. The molecule has 0 radical (unpaired) electrons. The third-order valence-electron chi connectivity index (χ3n) is 5.90. The lowest BCUT2D eigenvalue weighted by Crippen LogP contribution is -2.49. The number of hydrogen-bond donors (Lipinski definition) is 1. The number of amides is 2. The fourth-order valence-electron chi connectivity index (χ4n) is 3.99. The van der Waals surface area contributed by atoms with Gasteiger partial charge in [-0.3, -0.25) is 13.9 Å². The lowest BCUT2D eigenvalue weighted by molar-refractivity contribution is -0.141. The summed E-state index contributed by atoms with van der Waals surface area (Å²) < 4.78 is 31.4. The van der Waals surface area contributed by atoms with Gasteiger partial charge in [0.05, 0.1) is 19.1 Å². The van der Waals surface area contributed by atoms with E-state index in [2.05, 4.69) is 12.2 Å². The highest BCUT2D eigenvalue weighted by Gasteiger charge is 2.28. The fourth-order valence-corrected chi connectivity index (χ4v) is 4.96. The second-order valence-corrected chi connectivity index (χ2v) is 10.6. The van der Waals surface area contributed by atoms with Crippen LogP contribution in [0, 0.1) is 0 Å². The Morgan fingerprint density at radius 1 is 1.03 bits per heavy atom. The molecular weight excluding hydrogens is 478 g/mol.